The Kier molecular flexibility index (Phi) is 3.77. The second-order valence-electron chi connectivity index (χ2n) is 3.11. The number of methoxy groups -OCH3 is 1. The van der Waals surface area contributed by atoms with E-state index in [2.05, 4.69) is 43.0 Å². The van der Waals surface area contributed by atoms with Crippen molar-refractivity contribution in [1.29, 1.82) is 0 Å². The van der Waals surface area contributed by atoms with Gasteiger partial charge in [-0.25, -0.2) is 0 Å². The van der Waals surface area contributed by atoms with E-state index in [1.54, 1.807) is 7.11 Å². The first-order chi connectivity index (χ1) is 6.27. The number of aryl methyl sites for hydroxylation is 1. The summed E-state index contributed by atoms with van der Waals surface area (Å²) in [7, 11) is 1.72. The number of anilines is 1. The first-order valence-electron chi connectivity index (χ1n) is 4.58. The summed E-state index contributed by atoms with van der Waals surface area (Å²) in [5, 5.41) is 0. The molecule has 0 amide bonds. The SMILES string of the molecule is CCN(COC)c1cccc(C)c1. The first kappa shape index (κ1) is 10.1. The number of rotatable bonds is 4. The minimum atomic E-state index is 0.653. The van der Waals surface area contributed by atoms with E-state index in [0.29, 0.717) is 6.73 Å². The van der Waals surface area contributed by atoms with E-state index >= 15 is 0 Å². The molecule has 0 N–H and O–H groups in total. The number of ether oxygens (including phenoxy) is 1. The third-order valence-corrected chi connectivity index (χ3v) is 2.03. The minimum Gasteiger partial charge on any atom is -0.364 e. The van der Waals surface area contributed by atoms with Gasteiger partial charge in [-0.15, -0.1) is 0 Å². The summed E-state index contributed by atoms with van der Waals surface area (Å²) in [6.07, 6.45) is 0. The van der Waals surface area contributed by atoms with Gasteiger partial charge in [0.15, 0.2) is 0 Å². The highest BCUT2D eigenvalue weighted by Gasteiger charge is 2.01. The van der Waals surface area contributed by atoms with Crippen LogP contribution in [0.15, 0.2) is 24.3 Å². The topological polar surface area (TPSA) is 12.5 Å². The predicted octanol–water partition coefficient (Wildman–Crippen LogP) is 2.43. The molecule has 72 valence electrons. The van der Waals surface area contributed by atoms with Gasteiger partial charge >= 0.3 is 0 Å². The molecule has 0 spiro atoms. The Labute approximate surface area is 80.1 Å². The lowest BCUT2D eigenvalue weighted by Gasteiger charge is -2.22. The molecule has 0 aliphatic heterocycles. The van der Waals surface area contributed by atoms with Gasteiger partial charge in [0.25, 0.3) is 0 Å². The van der Waals surface area contributed by atoms with E-state index in [-0.39, 0.29) is 0 Å². The van der Waals surface area contributed by atoms with Crippen LogP contribution in [0.5, 0.6) is 0 Å². The average molecular weight is 179 g/mol. The molecule has 0 aliphatic carbocycles. The second kappa shape index (κ2) is 4.87. The lowest BCUT2D eigenvalue weighted by Crippen LogP contribution is -2.24. The van der Waals surface area contributed by atoms with E-state index in [1.807, 2.05) is 0 Å². The molecule has 2 nitrogen and oxygen atoms in total. The summed E-state index contributed by atoms with van der Waals surface area (Å²) in [6.45, 7) is 5.85. The standard InChI is InChI=1S/C11H17NO/c1-4-12(9-13-3)11-7-5-6-10(2)8-11/h5-8H,4,9H2,1-3H3. The van der Waals surface area contributed by atoms with E-state index in [4.69, 9.17) is 4.74 Å². The fraction of sp³-hybridized carbons (Fsp3) is 0.455. The van der Waals surface area contributed by atoms with Crippen molar-refractivity contribution in [3.8, 4) is 0 Å². The van der Waals surface area contributed by atoms with Crippen LogP contribution in [0, 0.1) is 6.92 Å². The molecule has 0 unspecified atom stereocenters. The van der Waals surface area contributed by atoms with Gasteiger partial charge in [-0.05, 0) is 31.5 Å². The van der Waals surface area contributed by atoms with Crippen LogP contribution >= 0.6 is 0 Å². The van der Waals surface area contributed by atoms with Crippen molar-refractivity contribution in [3.63, 3.8) is 0 Å². The van der Waals surface area contributed by atoms with E-state index in [9.17, 15) is 0 Å². The van der Waals surface area contributed by atoms with E-state index < -0.39 is 0 Å². The molecule has 1 aromatic rings. The molecule has 2 heteroatoms. The maximum absolute atomic E-state index is 5.12. The molecule has 1 rings (SSSR count). The first-order valence-corrected chi connectivity index (χ1v) is 4.58. The Morgan fingerprint density at radius 2 is 2.15 bits per heavy atom. The van der Waals surface area contributed by atoms with Gasteiger partial charge in [-0.2, -0.15) is 0 Å². The lowest BCUT2D eigenvalue weighted by atomic mass is 10.2. The highest BCUT2D eigenvalue weighted by atomic mass is 16.5. The van der Waals surface area contributed by atoms with Gasteiger partial charge in [-0.1, -0.05) is 12.1 Å². The fourth-order valence-electron chi connectivity index (χ4n) is 1.33. The monoisotopic (exact) mass is 179 g/mol. The molecule has 0 radical (unpaired) electrons. The highest BCUT2D eigenvalue weighted by Crippen LogP contribution is 2.14. The maximum atomic E-state index is 5.12. The lowest BCUT2D eigenvalue weighted by molar-refractivity contribution is 0.198. The molecule has 0 saturated heterocycles. The maximum Gasteiger partial charge on any atom is 0.118 e. The minimum absolute atomic E-state index is 0.653. The van der Waals surface area contributed by atoms with Crippen LogP contribution in [0.1, 0.15) is 12.5 Å². The Balaban J connectivity index is 2.78. The molecule has 13 heavy (non-hydrogen) atoms. The third kappa shape index (κ3) is 2.74. The van der Waals surface area contributed by atoms with Crippen molar-refractivity contribution < 1.29 is 4.74 Å². The third-order valence-electron chi connectivity index (χ3n) is 2.03. The zero-order valence-electron chi connectivity index (χ0n) is 8.58. The summed E-state index contributed by atoms with van der Waals surface area (Å²) >= 11 is 0. The largest absolute Gasteiger partial charge is 0.364 e. The van der Waals surface area contributed by atoms with E-state index in [1.165, 1.54) is 11.3 Å². The van der Waals surface area contributed by atoms with Gasteiger partial charge in [0.05, 0.1) is 0 Å². The predicted molar refractivity (Wildman–Crippen MR) is 56.1 cm³/mol. The summed E-state index contributed by atoms with van der Waals surface area (Å²) in [5.74, 6) is 0. The molecule has 0 aromatic heterocycles. The average Bonchev–Trinajstić information content (AvgIpc) is 2.14. The van der Waals surface area contributed by atoms with Gasteiger partial charge in [0, 0.05) is 19.3 Å². The molecule has 1 aromatic carbocycles. The fourth-order valence-corrected chi connectivity index (χ4v) is 1.33. The van der Waals surface area contributed by atoms with Crippen LogP contribution < -0.4 is 4.90 Å². The van der Waals surface area contributed by atoms with Crippen molar-refractivity contribution >= 4 is 5.69 Å². The molecular formula is C11H17NO. The zero-order chi connectivity index (χ0) is 9.68. The van der Waals surface area contributed by atoms with Gasteiger partial charge in [-0.3, -0.25) is 0 Å². The van der Waals surface area contributed by atoms with Crippen LogP contribution in [0.25, 0.3) is 0 Å². The molecule has 0 aliphatic rings. The summed E-state index contributed by atoms with van der Waals surface area (Å²) in [4.78, 5) is 2.19. The Hall–Kier alpha value is -1.02. The van der Waals surface area contributed by atoms with Crippen LogP contribution in [0.2, 0.25) is 0 Å². The van der Waals surface area contributed by atoms with Crippen LogP contribution in [-0.4, -0.2) is 20.4 Å². The van der Waals surface area contributed by atoms with Crippen LogP contribution in [0.4, 0.5) is 5.69 Å². The highest BCUT2D eigenvalue weighted by molar-refractivity contribution is 5.47. The molecule has 0 fully saturated rings. The molecular weight excluding hydrogens is 162 g/mol. The second-order valence-corrected chi connectivity index (χ2v) is 3.11. The molecule has 0 bridgehead atoms. The Morgan fingerprint density at radius 1 is 1.38 bits per heavy atom. The normalized spacial score (nSPS) is 10.1. The van der Waals surface area contributed by atoms with Crippen molar-refractivity contribution in [2.24, 2.45) is 0 Å². The number of hydrogen-bond donors (Lipinski definition) is 0. The molecule has 0 atom stereocenters. The van der Waals surface area contributed by atoms with Crippen molar-refractivity contribution in [2.45, 2.75) is 13.8 Å². The van der Waals surface area contributed by atoms with Gasteiger partial charge < -0.3 is 9.64 Å². The van der Waals surface area contributed by atoms with Crippen molar-refractivity contribution in [1.82, 2.24) is 0 Å². The smallest absolute Gasteiger partial charge is 0.118 e. The van der Waals surface area contributed by atoms with Crippen LogP contribution in [-0.2, 0) is 4.74 Å². The zero-order valence-corrected chi connectivity index (χ0v) is 8.58. The summed E-state index contributed by atoms with van der Waals surface area (Å²) in [6, 6.07) is 8.45. The number of nitrogens with zero attached hydrogens (tertiary/aromatic N) is 1. The van der Waals surface area contributed by atoms with Crippen molar-refractivity contribution in [3.05, 3.63) is 29.8 Å². The Morgan fingerprint density at radius 3 is 2.69 bits per heavy atom. The van der Waals surface area contributed by atoms with Gasteiger partial charge in [0.1, 0.15) is 6.73 Å². The molecule has 0 saturated carbocycles. The summed E-state index contributed by atoms with van der Waals surface area (Å²) < 4.78 is 5.12. The van der Waals surface area contributed by atoms with E-state index in [0.717, 1.165) is 6.54 Å². The van der Waals surface area contributed by atoms with Crippen LogP contribution in [0.3, 0.4) is 0 Å². The molecule has 0 heterocycles. The number of benzene rings is 1. The van der Waals surface area contributed by atoms with Gasteiger partial charge in [0.2, 0.25) is 0 Å². The Bertz CT molecular complexity index is 260. The quantitative estimate of drug-likeness (QED) is 0.658. The van der Waals surface area contributed by atoms with Crippen molar-refractivity contribution in [2.75, 3.05) is 25.3 Å². The number of hydrogen-bond acceptors (Lipinski definition) is 2. The summed E-state index contributed by atoms with van der Waals surface area (Å²) in [5.41, 5.74) is 2.51.